The van der Waals surface area contributed by atoms with E-state index in [0.29, 0.717) is 0 Å². The first-order valence-corrected chi connectivity index (χ1v) is 20.9. The van der Waals surface area contributed by atoms with Crippen molar-refractivity contribution in [3.63, 3.8) is 0 Å². The van der Waals surface area contributed by atoms with E-state index < -0.39 is 0 Å². The maximum absolute atomic E-state index is 6.85. The van der Waals surface area contributed by atoms with Gasteiger partial charge in [0, 0.05) is 49.8 Å². The summed E-state index contributed by atoms with van der Waals surface area (Å²) in [4.78, 5) is 2.46. The Kier molecular flexibility index (Phi) is 7.31. The molecule has 2 heterocycles. The van der Waals surface area contributed by atoms with Crippen molar-refractivity contribution in [1.82, 2.24) is 4.57 Å². The van der Waals surface area contributed by atoms with Gasteiger partial charge in [-0.05, 0) is 104 Å². The van der Waals surface area contributed by atoms with Crippen molar-refractivity contribution in [2.45, 2.75) is 0 Å². The summed E-state index contributed by atoms with van der Waals surface area (Å²) in [5.41, 5.74) is 10.8. The van der Waals surface area contributed by atoms with E-state index in [4.69, 9.17) is 4.42 Å². The second-order valence-electron chi connectivity index (χ2n) is 16.1. The molecular formula is C58H36N2O. The quantitative estimate of drug-likeness (QED) is 0.174. The Hall–Kier alpha value is -8.14. The molecule has 0 aliphatic carbocycles. The molecule has 284 valence electrons. The lowest BCUT2D eigenvalue weighted by Crippen LogP contribution is -2.11. The van der Waals surface area contributed by atoms with Crippen LogP contribution in [0.1, 0.15) is 0 Å². The lowest BCUT2D eigenvalue weighted by atomic mass is 9.94. The van der Waals surface area contributed by atoms with Gasteiger partial charge in [0.15, 0.2) is 0 Å². The number of anilines is 3. The van der Waals surface area contributed by atoms with Crippen molar-refractivity contribution in [2.75, 3.05) is 4.90 Å². The van der Waals surface area contributed by atoms with Crippen molar-refractivity contribution < 1.29 is 4.42 Å². The van der Waals surface area contributed by atoms with Crippen LogP contribution in [-0.4, -0.2) is 4.57 Å². The van der Waals surface area contributed by atoms with Gasteiger partial charge in [-0.15, -0.1) is 0 Å². The SMILES string of the molecule is c1ccc2cc(-c3ccc(N(c4ccc5c(c4)oc4c6ccccc6ccc54)c4cccc5c4c4ccccc4n5-c4ccc5ccccc5c4)c4ccccc34)ccc2c1. The fraction of sp³-hybridized carbons (Fsp3) is 0. The Bertz CT molecular complexity index is 3910. The highest BCUT2D eigenvalue weighted by Crippen LogP contribution is 2.48. The summed E-state index contributed by atoms with van der Waals surface area (Å²) >= 11 is 0. The number of nitrogens with zero attached hydrogens (tertiary/aromatic N) is 2. The Labute approximate surface area is 351 Å². The number of hydrogen-bond acceptors (Lipinski definition) is 2. The summed E-state index contributed by atoms with van der Waals surface area (Å²) in [6, 6.07) is 79.4. The first kappa shape index (κ1) is 33.8. The minimum absolute atomic E-state index is 0.858. The lowest BCUT2D eigenvalue weighted by molar-refractivity contribution is 0.673. The van der Waals surface area contributed by atoms with E-state index in [-0.39, 0.29) is 0 Å². The molecule has 0 atom stereocenters. The van der Waals surface area contributed by atoms with E-state index >= 15 is 0 Å². The molecule has 0 saturated carbocycles. The molecule has 0 amide bonds. The fourth-order valence-electron chi connectivity index (χ4n) is 9.91. The molecular weight excluding hydrogens is 741 g/mol. The van der Waals surface area contributed by atoms with Crippen LogP contribution in [0.4, 0.5) is 17.1 Å². The number of rotatable bonds is 5. The number of hydrogen-bond donors (Lipinski definition) is 0. The van der Waals surface area contributed by atoms with Crippen LogP contribution in [0.2, 0.25) is 0 Å². The summed E-state index contributed by atoms with van der Waals surface area (Å²) < 4.78 is 9.28. The van der Waals surface area contributed by atoms with Crippen LogP contribution in [0.5, 0.6) is 0 Å². The molecule has 0 fully saturated rings. The summed E-state index contributed by atoms with van der Waals surface area (Å²) in [6.45, 7) is 0. The highest BCUT2D eigenvalue weighted by molar-refractivity contribution is 6.19. The normalized spacial score (nSPS) is 11.9. The second kappa shape index (κ2) is 13.2. The number of benzene rings is 11. The van der Waals surface area contributed by atoms with Gasteiger partial charge in [-0.1, -0.05) is 152 Å². The van der Waals surface area contributed by atoms with Crippen LogP contribution in [0, 0.1) is 0 Å². The molecule has 0 unspecified atom stereocenters. The number of para-hydroxylation sites is 1. The molecule has 11 aromatic carbocycles. The van der Waals surface area contributed by atoms with E-state index in [2.05, 4.69) is 228 Å². The third-order valence-electron chi connectivity index (χ3n) is 12.7. The van der Waals surface area contributed by atoms with Gasteiger partial charge in [-0.25, -0.2) is 0 Å². The van der Waals surface area contributed by atoms with Gasteiger partial charge in [0.25, 0.3) is 0 Å². The molecule has 0 spiro atoms. The van der Waals surface area contributed by atoms with Gasteiger partial charge in [0.05, 0.1) is 22.4 Å². The average Bonchev–Trinajstić information content (AvgIpc) is 3.87. The maximum atomic E-state index is 6.85. The molecule has 0 aliphatic rings. The molecule has 0 saturated heterocycles. The van der Waals surface area contributed by atoms with E-state index in [9.17, 15) is 0 Å². The van der Waals surface area contributed by atoms with E-state index in [1.807, 2.05) is 0 Å². The Balaban J connectivity index is 1.10. The largest absolute Gasteiger partial charge is 0.455 e. The van der Waals surface area contributed by atoms with Crippen molar-refractivity contribution in [3.8, 4) is 16.8 Å². The minimum Gasteiger partial charge on any atom is -0.455 e. The molecule has 0 N–H and O–H groups in total. The fourth-order valence-corrected chi connectivity index (χ4v) is 9.91. The molecule has 0 bridgehead atoms. The van der Waals surface area contributed by atoms with Crippen molar-refractivity contribution in [1.29, 1.82) is 0 Å². The molecule has 0 radical (unpaired) electrons. The highest BCUT2D eigenvalue weighted by atomic mass is 16.3. The number of furan rings is 1. The van der Waals surface area contributed by atoms with Gasteiger partial charge >= 0.3 is 0 Å². The predicted octanol–water partition coefficient (Wildman–Crippen LogP) is 16.4. The van der Waals surface area contributed by atoms with Gasteiger partial charge < -0.3 is 13.9 Å². The predicted molar refractivity (Wildman–Crippen MR) is 258 cm³/mol. The lowest BCUT2D eigenvalue weighted by Gasteiger charge is -2.28. The number of aromatic nitrogens is 1. The third-order valence-corrected chi connectivity index (χ3v) is 12.7. The molecule has 13 aromatic rings. The Morgan fingerprint density at radius 2 is 1.00 bits per heavy atom. The van der Waals surface area contributed by atoms with E-state index in [1.54, 1.807) is 0 Å². The van der Waals surface area contributed by atoms with Crippen LogP contribution >= 0.6 is 0 Å². The topological polar surface area (TPSA) is 21.3 Å². The zero-order chi connectivity index (χ0) is 40.0. The molecule has 13 rings (SSSR count). The first-order chi connectivity index (χ1) is 30.2. The summed E-state index contributed by atoms with van der Waals surface area (Å²) in [7, 11) is 0. The van der Waals surface area contributed by atoms with Gasteiger partial charge in [0.1, 0.15) is 11.2 Å². The summed E-state index contributed by atoms with van der Waals surface area (Å²) in [6.07, 6.45) is 0. The standard InChI is InChI=1S/C58H36N2O/c1-3-15-40-34-42(25-24-37(40)12-1)45-32-33-53(48-19-8-7-18-47(45)48)60(44-29-31-49-50-30-27-39-14-5-6-17-46(39)58(50)61-56(49)36-44)55-23-11-22-54-57(55)51-20-9-10-21-52(51)59(54)43-28-26-38-13-2-4-16-41(38)35-43/h1-36H. The monoisotopic (exact) mass is 776 g/mol. The van der Waals surface area contributed by atoms with Gasteiger partial charge in [-0.2, -0.15) is 0 Å². The van der Waals surface area contributed by atoms with E-state index in [0.717, 1.165) is 61.1 Å². The summed E-state index contributed by atoms with van der Waals surface area (Å²) in [5, 5.41) is 14.2. The average molecular weight is 777 g/mol. The van der Waals surface area contributed by atoms with Crippen LogP contribution in [0.15, 0.2) is 223 Å². The van der Waals surface area contributed by atoms with Crippen molar-refractivity contribution in [2.24, 2.45) is 0 Å². The zero-order valence-corrected chi connectivity index (χ0v) is 33.1. The Morgan fingerprint density at radius 1 is 0.361 bits per heavy atom. The van der Waals surface area contributed by atoms with Crippen molar-refractivity contribution >= 4 is 104 Å². The second-order valence-corrected chi connectivity index (χ2v) is 16.1. The van der Waals surface area contributed by atoms with Gasteiger partial charge in [0.2, 0.25) is 0 Å². The summed E-state index contributed by atoms with van der Waals surface area (Å²) in [5.74, 6) is 0. The smallest absolute Gasteiger partial charge is 0.143 e. The van der Waals surface area contributed by atoms with Crippen LogP contribution in [-0.2, 0) is 0 Å². The minimum atomic E-state index is 0.858. The number of fused-ring (bicyclic) bond motifs is 11. The maximum Gasteiger partial charge on any atom is 0.143 e. The molecule has 3 heteroatoms. The van der Waals surface area contributed by atoms with Gasteiger partial charge in [-0.3, -0.25) is 0 Å². The molecule has 3 nitrogen and oxygen atoms in total. The van der Waals surface area contributed by atoms with Crippen molar-refractivity contribution in [3.05, 3.63) is 218 Å². The zero-order valence-electron chi connectivity index (χ0n) is 33.1. The molecule has 0 aliphatic heterocycles. The van der Waals surface area contributed by atoms with Crippen LogP contribution in [0.25, 0.3) is 104 Å². The van der Waals surface area contributed by atoms with E-state index in [1.165, 1.54) is 59.6 Å². The molecule has 2 aromatic heterocycles. The van der Waals surface area contributed by atoms with Crippen LogP contribution in [0.3, 0.4) is 0 Å². The molecule has 61 heavy (non-hydrogen) atoms. The van der Waals surface area contributed by atoms with Crippen LogP contribution < -0.4 is 4.90 Å². The Morgan fingerprint density at radius 3 is 1.84 bits per heavy atom. The first-order valence-electron chi connectivity index (χ1n) is 20.9. The third kappa shape index (κ3) is 5.17. The highest BCUT2D eigenvalue weighted by Gasteiger charge is 2.24.